The van der Waals surface area contributed by atoms with Gasteiger partial charge in [-0.25, -0.2) is 0 Å². The number of rotatable bonds is 0. The van der Waals surface area contributed by atoms with Crippen molar-refractivity contribution in [3.63, 3.8) is 0 Å². The van der Waals surface area contributed by atoms with E-state index in [9.17, 15) is 0 Å². The Kier molecular flexibility index (Phi) is 9.63. The van der Waals surface area contributed by atoms with Gasteiger partial charge in [-0.15, -0.1) is 0 Å². The molecule has 1 aromatic carbocycles. The predicted molar refractivity (Wildman–Crippen MR) is 46.7 cm³/mol. The van der Waals surface area contributed by atoms with Crippen LogP contribution in [0.5, 0.6) is 5.75 Å². The predicted octanol–water partition coefficient (Wildman–Crippen LogP) is 1.71. The zero-order valence-electron chi connectivity index (χ0n) is 6.90. The summed E-state index contributed by atoms with van der Waals surface area (Å²) in [6.07, 6.45) is 4.10. The van der Waals surface area contributed by atoms with E-state index in [-0.39, 0.29) is 55.2 Å². The fourth-order valence-corrected chi connectivity index (χ4v) is 1.06. The van der Waals surface area contributed by atoms with Crippen LogP contribution in [0.2, 0.25) is 0 Å². The van der Waals surface area contributed by atoms with Crippen LogP contribution in [0.25, 0.3) is 6.08 Å². The molecule has 68 valence electrons. The minimum Gasteiger partial charge on any atom is -0.489 e. The fraction of sp³-hybridized carbons (Fsp3) is 0.111. The van der Waals surface area contributed by atoms with E-state index in [1.54, 1.807) is 0 Å². The van der Waals surface area contributed by atoms with E-state index in [1.165, 1.54) is 5.56 Å². The molecule has 0 unspecified atom stereocenters. The number of para-hydroxylation sites is 1. The second-order valence-corrected chi connectivity index (χ2v) is 2.25. The molecule has 1 aliphatic rings. The van der Waals surface area contributed by atoms with Crippen LogP contribution < -0.4 is 4.74 Å². The van der Waals surface area contributed by atoms with Crippen LogP contribution >= 0.6 is 0 Å². The number of ether oxygens (including phenoxy) is 1. The van der Waals surface area contributed by atoms with Crippen LogP contribution in [0, 0.1) is 0 Å². The molecule has 1 heterocycles. The van der Waals surface area contributed by atoms with Crippen LogP contribution in [-0.2, 0) is 37.8 Å². The van der Waals surface area contributed by atoms with E-state index >= 15 is 0 Å². The van der Waals surface area contributed by atoms with Crippen LogP contribution in [0.4, 0.5) is 0 Å². The SMILES string of the molecule is C1=Cc2ccccc2OC1.[Al].[Co].[W]. The van der Waals surface area contributed by atoms with E-state index in [2.05, 4.69) is 6.08 Å². The van der Waals surface area contributed by atoms with Crippen LogP contribution in [0.3, 0.4) is 0 Å². The quantitative estimate of drug-likeness (QED) is 0.601. The van der Waals surface area contributed by atoms with Gasteiger partial charge in [0.05, 0.1) is 0 Å². The minimum absolute atomic E-state index is 0. The Bertz CT molecular complexity index is 278. The summed E-state index contributed by atoms with van der Waals surface area (Å²) in [6.45, 7) is 0.705. The Labute approximate surface area is 114 Å². The van der Waals surface area contributed by atoms with Gasteiger partial charge in [0.2, 0.25) is 0 Å². The molecule has 0 atom stereocenters. The van der Waals surface area contributed by atoms with Gasteiger partial charge in [-0.1, -0.05) is 24.3 Å². The summed E-state index contributed by atoms with van der Waals surface area (Å²) in [5.41, 5.74) is 1.17. The van der Waals surface area contributed by atoms with Gasteiger partial charge in [0.15, 0.2) is 0 Å². The van der Waals surface area contributed by atoms with Crippen LogP contribution in [0.1, 0.15) is 5.56 Å². The van der Waals surface area contributed by atoms with E-state index < -0.39 is 0 Å². The number of hydrogen-bond acceptors (Lipinski definition) is 1. The summed E-state index contributed by atoms with van der Waals surface area (Å²) < 4.78 is 5.34. The third-order valence-corrected chi connectivity index (χ3v) is 1.55. The van der Waals surface area contributed by atoms with E-state index in [0.717, 1.165) is 5.75 Å². The standard InChI is InChI=1S/C9H8O.Al.Co.W/c1-2-6-9-8(4-1)5-3-7-10-9;;;/h1-6H,7H2;;;. The first kappa shape index (κ1) is 15.9. The Morgan fingerprint density at radius 1 is 1.15 bits per heavy atom. The van der Waals surface area contributed by atoms with Gasteiger partial charge in [-0.2, -0.15) is 0 Å². The van der Waals surface area contributed by atoms with Crippen LogP contribution in [-0.4, -0.2) is 24.0 Å². The maximum atomic E-state index is 5.34. The van der Waals surface area contributed by atoms with E-state index in [1.807, 2.05) is 30.3 Å². The summed E-state index contributed by atoms with van der Waals surface area (Å²) in [4.78, 5) is 0. The number of hydrogen-bond donors (Lipinski definition) is 0. The molecule has 0 fully saturated rings. The molecule has 0 bridgehead atoms. The topological polar surface area (TPSA) is 9.23 Å². The second-order valence-electron chi connectivity index (χ2n) is 2.25. The monoisotopic (exact) mass is 402 g/mol. The Morgan fingerprint density at radius 3 is 2.54 bits per heavy atom. The maximum Gasteiger partial charge on any atom is 0.126 e. The molecule has 0 spiro atoms. The average Bonchev–Trinajstić information content (AvgIpc) is 2.05. The zero-order valence-corrected chi connectivity index (χ0v) is 12.0. The summed E-state index contributed by atoms with van der Waals surface area (Å²) in [5, 5.41) is 0. The summed E-state index contributed by atoms with van der Waals surface area (Å²) in [5.74, 6) is 0.991. The molecule has 0 saturated heterocycles. The summed E-state index contributed by atoms with van der Waals surface area (Å²) in [7, 11) is 0. The van der Waals surface area contributed by atoms with E-state index in [4.69, 9.17) is 4.74 Å². The van der Waals surface area contributed by atoms with Gasteiger partial charge in [0.25, 0.3) is 0 Å². The molecule has 13 heavy (non-hydrogen) atoms. The van der Waals surface area contributed by atoms with Crippen molar-refractivity contribution in [1.82, 2.24) is 0 Å². The molecule has 0 amide bonds. The van der Waals surface area contributed by atoms with Gasteiger partial charge >= 0.3 is 0 Å². The van der Waals surface area contributed by atoms with Gasteiger partial charge in [-0.05, 0) is 12.1 Å². The maximum absolute atomic E-state index is 5.34. The molecule has 0 aromatic heterocycles. The molecular weight excluding hydrogens is 394 g/mol. The van der Waals surface area contributed by atoms with Gasteiger partial charge in [0.1, 0.15) is 12.4 Å². The third-order valence-electron chi connectivity index (χ3n) is 1.55. The Hall–Kier alpha value is 0.487. The normalized spacial score (nSPS) is 10.8. The molecular formula is C9H8AlCoOW. The molecule has 2 rings (SSSR count). The van der Waals surface area contributed by atoms with Crippen molar-refractivity contribution in [2.24, 2.45) is 0 Å². The minimum atomic E-state index is 0. The second kappa shape index (κ2) is 7.85. The van der Waals surface area contributed by atoms with Gasteiger partial charge < -0.3 is 4.74 Å². The first-order valence-electron chi connectivity index (χ1n) is 3.35. The Morgan fingerprint density at radius 2 is 1.85 bits per heavy atom. The number of benzene rings is 1. The summed E-state index contributed by atoms with van der Waals surface area (Å²) >= 11 is 0. The molecule has 1 aliphatic heterocycles. The molecule has 1 aromatic rings. The van der Waals surface area contributed by atoms with Gasteiger partial charge in [0, 0.05) is 60.8 Å². The zero-order chi connectivity index (χ0) is 6.81. The average molecular weight is 402 g/mol. The third kappa shape index (κ3) is 4.02. The summed E-state index contributed by atoms with van der Waals surface area (Å²) in [6, 6.07) is 8.03. The first-order valence-corrected chi connectivity index (χ1v) is 3.35. The molecule has 0 saturated carbocycles. The molecule has 0 aliphatic carbocycles. The smallest absolute Gasteiger partial charge is 0.126 e. The van der Waals surface area contributed by atoms with Crippen molar-refractivity contribution in [2.45, 2.75) is 0 Å². The van der Waals surface area contributed by atoms with Crippen molar-refractivity contribution >= 4 is 23.4 Å². The van der Waals surface area contributed by atoms with Crippen molar-refractivity contribution in [2.75, 3.05) is 6.61 Å². The van der Waals surface area contributed by atoms with Gasteiger partial charge in [-0.3, -0.25) is 0 Å². The van der Waals surface area contributed by atoms with Crippen molar-refractivity contribution in [1.29, 1.82) is 0 Å². The van der Waals surface area contributed by atoms with Crippen molar-refractivity contribution < 1.29 is 42.6 Å². The molecule has 4 radical (unpaired) electrons. The van der Waals surface area contributed by atoms with Crippen molar-refractivity contribution in [3.8, 4) is 5.75 Å². The Balaban J connectivity index is 0. The first-order chi connectivity index (χ1) is 4.97. The molecule has 1 nitrogen and oxygen atoms in total. The molecule has 4 heteroatoms. The van der Waals surface area contributed by atoms with Crippen molar-refractivity contribution in [3.05, 3.63) is 35.9 Å². The number of fused-ring (bicyclic) bond motifs is 1. The fourth-order valence-electron chi connectivity index (χ4n) is 1.06. The van der Waals surface area contributed by atoms with E-state index in [0.29, 0.717) is 6.61 Å². The largest absolute Gasteiger partial charge is 0.489 e. The van der Waals surface area contributed by atoms with Crippen LogP contribution in [0.15, 0.2) is 30.3 Å². The molecule has 0 N–H and O–H groups in total.